The predicted octanol–water partition coefficient (Wildman–Crippen LogP) is 6.76. The van der Waals surface area contributed by atoms with E-state index in [-0.39, 0.29) is 0 Å². The monoisotopic (exact) mass is 416 g/mol. The van der Waals surface area contributed by atoms with Gasteiger partial charge in [0.2, 0.25) is 0 Å². The van der Waals surface area contributed by atoms with Gasteiger partial charge in [-0.05, 0) is 50.1 Å². The molecule has 0 aromatic carbocycles. The van der Waals surface area contributed by atoms with Crippen LogP contribution in [0, 0.1) is 13.8 Å². The van der Waals surface area contributed by atoms with Crippen molar-refractivity contribution in [1.82, 2.24) is 19.6 Å². The van der Waals surface area contributed by atoms with E-state index in [4.69, 9.17) is 21.7 Å². The molecular formula is C20H21ClN4S2. The second kappa shape index (κ2) is 7.34. The van der Waals surface area contributed by atoms with Gasteiger partial charge in [0.25, 0.3) is 0 Å². The predicted molar refractivity (Wildman–Crippen MR) is 115 cm³/mol. The maximum Gasteiger partial charge on any atom is 0.158 e. The van der Waals surface area contributed by atoms with Gasteiger partial charge in [-0.1, -0.05) is 25.4 Å². The van der Waals surface area contributed by atoms with E-state index in [1.54, 1.807) is 22.7 Å². The molecule has 0 atom stereocenters. The van der Waals surface area contributed by atoms with Crippen LogP contribution in [0.1, 0.15) is 49.6 Å². The van der Waals surface area contributed by atoms with Gasteiger partial charge in [-0.25, -0.2) is 14.5 Å². The van der Waals surface area contributed by atoms with Crippen molar-refractivity contribution in [2.45, 2.75) is 46.5 Å². The van der Waals surface area contributed by atoms with Crippen LogP contribution in [0.15, 0.2) is 22.9 Å². The first-order chi connectivity index (χ1) is 13.0. The molecule has 0 saturated carbocycles. The van der Waals surface area contributed by atoms with Crippen molar-refractivity contribution in [3.8, 4) is 21.1 Å². The normalized spacial score (nSPS) is 11.8. The Morgan fingerprint density at radius 3 is 2.59 bits per heavy atom. The summed E-state index contributed by atoms with van der Waals surface area (Å²) in [7, 11) is 0. The lowest BCUT2D eigenvalue weighted by atomic mass is 9.95. The van der Waals surface area contributed by atoms with E-state index in [1.165, 1.54) is 5.56 Å². The average Bonchev–Trinajstić information content (AvgIpc) is 3.33. The molecule has 4 nitrogen and oxygen atoms in total. The largest absolute Gasteiger partial charge is 0.231 e. The molecule has 7 heteroatoms. The first-order valence-corrected chi connectivity index (χ1v) is 11.2. The van der Waals surface area contributed by atoms with Gasteiger partial charge in [-0.2, -0.15) is 5.10 Å². The Morgan fingerprint density at radius 2 is 1.93 bits per heavy atom. The Bertz CT molecular complexity index is 1100. The molecule has 0 fully saturated rings. The van der Waals surface area contributed by atoms with Crippen molar-refractivity contribution in [2.75, 3.05) is 0 Å². The van der Waals surface area contributed by atoms with Crippen LogP contribution in [0.2, 0.25) is 5.15 Å². The van der Waals surface area contributed by atoms with Gasteiger partial charge in [-0.15, -0.1) is 22.7 Å². The minimum atomic E-state index is 0.490. The summed E-state index contributed by atoms with van der Waals surface area (Å²) < 4.78 is 2.03. The molecule has 0 bridgehead atoms. The summed E-state index contributed by atoms with van der Waals surface area (Å²) in [4.78, 5) is 10.5. The van der Waals surface area contributed by atoms with Crippen LogP contribution in [0.5, 0.6) is 0 Å². The Hall–Kier alpha value is -1.76. The Kier molecular flexibility index (Phi) is 5.05. The lowest BCUT2D eigenvalue weighted by Gasteiger charge is -2.14. The van der Waals surface area contributed by atoms with Crippen molar-refractivity contribution >= 4 is 39.9 Å². The van der Waals surface area contributed by atoms with Crippen molar-refractivity contribution in [2.24, 2.45) is 0 Å². The molecule has 4 aromatic heterocycles. The summed E-state index contributed by atoms with van der Waals surface area (Å²) in [6, 6.07) is 4.30. The van der Waals surface area contributed by atoms with Gasteiger partial charge in [0.1, 0.15) is 15.9 Å². The Labute approximate surface area is 171 Å². The average molecular weight is 417 g/mol. The van der Waals surface area contributed by atoms with E-state index >= 15 is 0 Å². The van der Waals surface area contributed by atoms with E-state index in [9.17, 15) is 0 Å². The Morgan fingerprint density at radius 1 is 1.15 bits per heavy atom. The first-order valence-electron chi connectivity index (χ1n) is 9.09. The third kappa shape index (κ3) is 3.20. The fourth-order valence-electron chi connectivity index (χ4n) is 3.61. The molecule has 27 heavy (non-hydrogen) atoms. The molecule has 0 saturated heterocycles. The highest BCUT2D eigenvalue weighted by atomic mass is 35.5. The van der Waals surface area contributed by atoms with Crippen LogP contribution >= 0.6 is 34.3 Å². The third-order valence-corrected chi connectivity index (χ3v) is 7.04. The zero-order valence-electron chi connectivity index (χ0n) is 15.8. The SMILES string of the molecule is CCC(CC)c1cc(C)nn2c(-c3sccc3-c3nc(Cl)cs3)c(C)nc12. The molecule has 4 rings (SSSR count). The molecule has 0 aliphatic rings. The molecule has 0 aliphatic carbocycles. The third-order valence-electron chi connectivity index (χ3n) is 4.92. The highest BCUT2D eigenvalue weighted by Crippen LogP contribution is 2.41. The highest BCUT2D eigenvalue weighted by Gasteiger charge is 2.23. The van der Waals surface area contributed by atoms with Crippen LogP contribution in [-0.4, -0.2) is 19.6 Å². The summed E-state index contributed by atoms with van der Waals surface area (Å²) in [6.07, 6.45) is 2.19. The van der Waals surface area contributed by atoms with Crippen molar-refractivity contribution in [1.29, 1.82) is 0 Å². The standard InChI is InChI=1S/C20H21ClN4S2/c1-5-13(6-2)15-9-11(3)24-25-17(12(4)22-19(15)25)18-14(7-8-26-18)20-23-16(21)10-27-20/h7-10,13H,5-6H2,1-4H3. The van der Waals surface area contributed by atoms with Crippen LogP contribution in [-0.2, 0) is 0 Å². The zero-order chi connectivity index (χ0) is 19.1. The molecule has 4 aromatic rings. The highest BCUT2D eigenvalue weighted by molar-refractivity contribution is 7.16. The summed E-state index contributed by atoms with van der Waals surface area (Å²) >= 11 is 9.32. The van der Waals surface area contributed by atoms with Crippen LogP contribution in [0.25, 0.3) is 26.8 Å². The molecule has 0 amide bonds. The summed E-state index contributed by atoms with van der Waals surface area (Å²) in [5.41, 5.74) is 6.41. The molecule has 0 radical (unpaired) electrons. The molecule has 0 unspecified atom stereocenters. The number of aryl methyl sites for hydroxylation is 2. The number of hydrogen-bond acceptors (Lipinski definition) is 5. The van der Waals surface area contributed by atoms with Crippen molar-refractivity contribution in [3.05, 3.63) is 45.0 Å². The van der Waals surface area contributed by atoms with Crippen LogP contribution < -0.4 is 0 Å². The summed E-state index contributed by atoms with van der Waals surface area (Å²) in [5, 5.41) is 10.2. The molecule has 0 aliphatic heterocycles. The minimum Gasteiger partial charge on any atom is -0.231 e. The number of rotatable bonds is 5. The number of aromatic nitrogens is 4. The molecule has 140 valence electrons. The zero-order valence-corrected chi connectivity index (χ0v) is 18.2. The second-order valence-corrected chi connectivity index (χ2v) is 8.84. The first kappa shape index (κ1) is 18.6. The number of fused-ring (bicyclic) bond motifs is 1. The minimum absolute atomic E-state index is 0.490. The second-order valence-electron chi connectivity index (χ2n) is 6.67. The van der Waals surface area contributed by atoms with E-state index in [2.05, 4.69) is 50.2 Å². The topological polar surface area (TPSA) is 43.1 Å². The quantitative estimate of drug-likeness (QED) is 0.361. The van der Waals surface area contributed by atoms with E-state index in [0.29, 0.717) is 11.1 Å². The van der Waals surface area contributed by atoms with Crippen LogP contribution in [0.3, 0.4) is 0 Å². The fraction of sp³-hybridized carbons (Fsp3) is 0.350. The number of thiazole rings is 1. The van der Waals surface area contributed by atoms with Gasteiger partial charge in [-0.3, -0.25) is 0 Å². The lowest BCUT2D eigenvalue weighted by Crippen LogP contribution is -2.05. The summed E-state index contributed by atoms with van der Waals surface area (Å²) in [5.74, 6) is 0.490. The summed E-state index contributed by atoms with van der Waals surface area (Å²) in [6.45, 7) is 8.59. The lowest BCUT2D eigenvalue weighted by molar-refractivity contribution is 0.638. The number of imidazole rings is 1. The molecule has 4 heterocycles. The van der Waals surface area contributed by atoms with Crippen LogP contribution in [0.4, 0.5) is 0 Å². The maximum atomic E-state index is 6.06. The van der Waals surface area contributed by atoms with Gasteiger partial charge in [0.05, 0.1) is 16.3 Å². The van der Waals surface area contributed by atoms with Gasteiger partial charge in [0, 0.05) is 16.5 Å². The molecular weight excluding hydrogens is 396 g/mol. The number of thiophene rings is 1. The number of nitrogens with zero attached hydrogens (tertiary/aromatic N) is 4. The fourth-order valence-corrected chi connectivity index (χ4v) is 5.63. The number of hydrogen-bond donors (Lipinski definition) is 0. The van der Waals surface area contributed by atoms with E-state index in [1.807, 2.05) is 9.90 Å². The molecule has 0 N–H and O–H groups in total. The Balaban J connectivity index is 1.97. The van der Waals surface area contributed by atoms with Crippen molar-refractivity contribution < 1.29 is 0 Å². The van der Waals surface area contributed by atoms with Gasteiger partial charge >= 0.3 is 0 Å². The van der Waals surface area contributed by atoms with E-state index < -0.39 is 0 Å². The van der Waals surface area contributed by atoms with Gasteiger partial charge in [0.15, 0.2) is 5.65 Å². The molecule has 0 spiro atoms. The van der Waals surface area contributed by atoms with Crippen molar-refractivity contribution in [3.63, 3.8) is 0 Å². The smallest absolute Gasteiger partial charge is 0.158 e. The number of halogens is 1. The maximum absolute atomic E-state index is 6.06. The van der Waals surface area contributed by atoms with E-state index in [0.717, 1.165) is 51.0 Å². The van der Waals surface area contributed by atoms with Gasteiger partial charge < -0.3 is 0 Å².